The van der Waals surface area contributed by atoms with Gasteiger partial charge < -0.3 is 9.84 Å². The van der Waals surface area contributed by atoms with Crippen LogP contribution in [0.4, 0.5) is 0 Å². The molecule has 3 heteroatoms. The maximum absolute atomic E-state index is 11.6. The summed E-state index contributed by atoms with van der Waals surface area (Å²) in [5.74, 6) is 0.771. The summed E-state index contributed by atoms with van der Waals surface area (Å²) in [6.45, 7) is 4.55. The van der Waals surface area contributed by atoms with Crippen molar-refractivity contribution in [2.24, 2.45) is 0 Å². The topological polar surface area (TPSA) is 46.5 Å². The van der Waals surface area contributed by atoms with Gasteiger partial charge in [0.2, 0.25) is 0 Å². The number of rotatable bonds is 10. The molecule has 0 saturated carbocycles. The molecule has 0 aliphatic rings. The van der Waals surface area contributed by atoms with Crippen molar-refractivity contribution in [1.82, 2.24) is 0 Å². The van der Waals surface area contributed by atoms with Crippen LogP contribution in [0.1, 0.15) is 51.5 Å². The van der Waals surface area contributed by atoms with E-state index in [2.05, 4.69) is 6.92 Å². The van der Waals surface area contributed by atoms with Gasteiger partial charge in [-0.3, -0.25) is 4.79 Å². The lowest BCUT2D eigenvalue weighted by Gasteiger charge is -2.05. The van der Waals surface area contributed by atoms with Gasteiger partial charge in [0.05, 0.1) is 6.61 Å². The number of ketones is 1. The maximum Gasteiger partial charge on any atom is 0.160 e. The van der Waals surface area contributed by atoms with Crippen molar-refractivity contribution >= 4 is 11.9 Å². The van der Waals surface area contributed by atoms with Crippen LogP contribution in [0.25, 0.3) is 6.08 Å². The van der Waals surface area contributed by atoms with Gasteiger partial charge in [-0.2, -0.15) is 0 Å². The summed E-state index contributed by atoms with van der Waals surface area (Å²) < 4.78 is 5.27. The zero-order valence-electron chi connectivity index (χ0n) is 13.5. The summed E-state index contributed by atoms with van der Waals surface area (Å²) in [6.07, 6.45) is 12.1. The molecule has 0 aliphatic carbocycles. The largest absolute Gasteiger partial charge is 0.504 e. The molecule has 0 spiro atoms. The van der Waals surface area contributed by atoms with Crippen molar-refractivity contribution < 1.29 is 14.6 Å². The van der Waals surface area contributed by atoms with Crippen LogP contribution in [-0.4, -0.2) is 17.5 Å². The van der Waals surface area contributed by atoms with Crippen molar-refractivity contribution in [1.29, 1.82) is 0 Å². The number of allylic oxidation sites excluding steroid dienone is 3. The number of aromatic hydroxyl groups is 1. The van der Waals surface area contributed by atoms with Gasteiger partial charge in [-0.15, -0.1) is 0 Å². The zero-order chi connectivity index (χ0) is 16.2. The van der Waals surface area contributed by atoms with E-state index in [4.69, 9.17) is 4.74 Å². The average Bonchev–Trinajstić information content (AvgIpc) is 2.51. The average molecular weight is 302 g/mol. The highest BCUT2D eigenvalue weighted by molar-refractivity contribution is 5.89. The Morgan fingerprint density at radius 1 is 1.18 bits per heavy atom. The second-order valence-corrected chi connectivity index (χ2v) is 5.16. The normalized spacial score (nSPS) is 11.4. The minimum absolute atomic E-state index is 0.125. The first-order valence-corrected chi connectivity index (χ1v) is 8.00. The monoisotopic (exact) mass is 302 g/mol. The van der Waals surface area contributed by atoms with Crippen molar-refractivity contribution in [2.45, 2.75) is 46.0 Å². The molecule has 0 atom stereocenters. The SMILES string of the molecule is CCCCCCC(=O)C=CC=Cc1ccc(OCC)c(O)c1. The second-order valence-electron chi connectivity index (χ2n) is 5.16. The lowest BCUT2D eigenvalue weighted by molar-refractivity contribution is -0.114. The van der Waals surface area contributed by atoms with Crippen LogP contribution in [0.5, 0.6) is 11.5 Å². The molecule has 22 heavy (non-hydrogen) atoms. The number of benzene rings is 1. The highest BCUT2D eigenvalue weighted by atomic mass is 16.5. The van der Waals surface area contributed by atoms with E-state index in [1.807, 2.05) is 19.1 Å². The van der Waals surface area contributed by atoms with E-state index in [-0.39, 0.29) is 11.5 Å². The molecule has 1 rings (SSSR count). The fraction of sp³-hybridized carbons (Fsp3) is 0.421. The van der Waals surface area contributed by atoms with Gasteiger partial charge in [0.15, 0.2) is 17.3 Å². The first-order chi connectivity index (χ1) is 10.7. The van der Waals surface area contributed by atoms with E-state index in [0.29, 0.717) is 18.8 Å². The van der Waals surface area contributed by atoms with Crippen LogP contribution in [0, 0.1) is 0 Å². The van der Waals surface area contributed by atoms with Gasteiger partial charge >= 0.3 is 0 Å². The molecular weight excluding hydrogens is 276 g/mol. The van der Waals surface area contributed by atoms with E-state index in [1.165, 1.54) is 12.8 Å². The van der Waals surface area contributed by atoms with Gasteiger partial charge in [-0.05, 0) is 37.1 Å². The standard InChI is InChI=1S/C19H26O3/c1-3-5-6-7-11-17(20)12-9-8-10-16-13-14-19(22-4-2)18(21)15-16/h8-10,12-15,21H,3-7,11H2,1-2H3. The molecule has 3 nitrogen and oxygen atoms in total. The quantitative estimate of drug-likeness (QED) is 0.380. The predicted molar refractivity (Wildman–Crippen MR) is 91.2 cm³/mol. The highest BCUT2D eigenvalue weighted by Crippen LogP contribution is 2.27. The molecule has 0 fully saturated rings. The Morgan fingerprint density at radius 3 is 2.68 bits per heavy atom. The fourth-order valence-electron chi connectivity index (χ4n) is 2.05. The number of carbonyl (C=O) groups excluding carboxylic acids is 1. The van der Waals surface area contributed by atoms with E-state index < -0.39 is 0 Å². The Kier molecular flexibility index (Phi) is 8.73. The van der Waals surface area contributed by atoms with Gasteiger partial charge in [0.25, 0.3) is 0 Å². The molecular formula is C19H26O3. The Hall–Kier alpha value is -2.03. The Bertz CT molecular complexity index is 515. The van der Waals surface area contributed by atoms with E-state index >= 15 is 0 Å². The predicted octanol–water partition coefficient (Wildman–Crippen LogP) is 4.90. The number of ether oxygens (including phenoxy) is 1. The minimum atomic E-state index is 0.125. The van der Waals surface area contributed by atoms with Crippen molar-refractivity contribution in [2.75, 3.05) is 6.61 Å². The van der Waals surface area contributed by atoms with Gasteiger partial charge in [-0.1, -0.05) is 50.5 Å². The molecule has 0 aliphatic heterocycles. The molecule has 0 saturated heterocycles. The number of hydrogen-bond donors (Lipinski definition) is 1. The molecule has 1 aromatic carbocycles. The third kappa shape index (κ3) is 7.11. The van der Waals surface area contributed by atoms with E-state index in [9.17, 15) is 9.90 Å². The lowest BCUT2D eigenvalue weighted by atomic mass is 10.1. The summed E-state index contributed by atoms with van der Waals surface area (Å²) in [7, 11) is 0. The number of carbonyl (C=O) groups is 1. The second kappa shape index (κ2) is 10.7. The van der Waals surface area contributed by atoms with Crippen LogP contribution in [0.15, 0.2) is 36.4 Å². The molecule has 0 amide bonds. The summed E-state index contributed by atoms with van der Waals surface area (Å²) >= 11 is 0. The van der Waals surface area contributed by atoms with E-state index in [0.717, 1.165) is 18.4 Å². The summed E-state index contributed by atoms with van der Waals surface area (Å²) in [5.41, 5.74) is 0.862. The minimum Gasteiger partial charge on any atom is -0.504 e. The Morgan fingerprint density at radius 2 is 2.00 bits per heavy atom. The van der Waals surface area contributed by atoms with Crippen LogP contribution < -0.4 is 4.74 Å². The van der Waals surface area contributed by atoms with Crippen molar-refractivity contribution in [3.8, 4) is 11.5 Å². The summed E-state index contributed by atoms with van der Waals surface area (Å²) in [6, 6.07) is 5.24. The number of unbranched alkanes of at least 4 members (excludes halogenated alkanes) is 3. The van der Waals surface area contributed by atoms with Crippen LogP contribution in [0.2, 0.25) is 0 Å². The zero-order valence-corrected chi connectivity index (χ0v) is 13.5. The van der Waals surface area contributed by atoms with Gasteiger partial charge in [-0.25, -0.2) is 0 Å². The molecule has 0 aromatic heterocycles. The van der Waals surface area contributed by atoms with E-state index in [1.54, 1.807) is 30.4 Å². The molecule has 0 radical (unpaired) electrons. The third-order valence-electron chi connectivity index (χ3n) is 3.24. The van der Waals surface area contributed by atoms with Gasteiger partial charge in [0, 0.05) is 6.42 Å². The van der Waals surface area contributed by atoms with Crippen molar-refractivity contribution in [3.05, 3.63) is 42.0 Å². The molecule has 120 valence electrons. The molecule has 0 heterocycles. The molecule has 1 N–H and O–H groups in total. The third-order valence-corrected chi connectivity index (χ3v) is 3.24. The molecule has 0 bridgehead atoms. The molecule has 1 aromatic rings. The first kappa shape index (κ1) is 18.0. The fourth-order valence-corrected chi connectivity index (χ4v) is 2.05. The smallest absolute Gasteiger partial charge is 0.160 e. The number of phenols is 1. The first-order valence-electron chi connectivity index (χ1n) is 8.00. The van der Waals surface area contributed by atoms with Crippen LogP contribution >= 0.6 is 0 Å². The number of phenolic OH excluding ortho intramolecular Hbond substituents is 1. The van der Waals surface area contributed by atoms with Gasteiger partial charge in [0.1, 0.15) is 0 Å². The lowest BCUT2D eigenvalue weighted by Crippen LogP contribution is -1.92. The summed E-state index contributed by atoms with van der Waals surface area (Å²) in [4.78, 5) is 11.6. The van der Waals surface area contributed by atoms with Crippen LogP contribution in [0.3, 0.4) is 0 Å². The highest BCUT2D eigenvalue weighted by Gasteiger charge is 2.01. The summed E-state index contributed by atoms with van der Waals surface area (Å²) in [5, 5.41) is 9.78. The Labute approximate surface area is 133 Å². The maximum atomic E-state index is 11.6. The Balaban J connectivity index is 2.43. The molecule has 0 unspecified atom stereocenters. The number of hydrogen-bond acceptors (Lipinski definition) is 3. The van der Waals surface area contributed by atoms with Crippen LogP contribution in [-0.2, 0) is 4.79 Å². The van der Waals surface area contributed by atoms with Crippen molar-refractivity contribution in [3.63, 3.8) is 0 Å².